The van der Waals surface area contributed by atoms with Gasteiger partial charge in [-0.3, -0.25) is 10.2 Å². The molecule has 6 nitrogen and oxygen atoms in total. The normalized spacial score (nSPS) is 15.6. The Morgan fingerprint density at radius 1 is 1.08 bits per heavy atom. The van der Waals surface area contributed by atoms with Crippen molar-refractivity contribution in [3.8, 4) is 5.75 Å². The smallest absolute Gasteiger partial charge is 0.412 e. The zero-order chi connectivity index (χ0) is 18.4. The van der Waals surface area contributed by atoms with E-state index in [4.69, 9.17) is 4.74 Å². The van der Waals surface area contributed by atoms with E-state index in [1.165, 1.54) is 0 Å². The number of ether oxygens (including phenoxy) is 1. The third-order valence-electron chi connectivity index (χ3n) is 4.51. The first-order chi connectivity index (χ1) is 12.6. The average molecular weight is 355 g/mol. The van der Waals surface area contributed by atoms with Gasteiger partial charge in [-0.1, -0.05) is 36.4 Å². The third-order valence-corrected chi connectivity index (χ3v) is 4.51. The zero-order valence-electron chi connectivity index (χ0n) is 15.0. The maximum atomic E-state index is 12.0. The van der Waals surface area contributed by atoms with Crippen molar-refractivity contribution in [2.24, 2.45) is 0 Å². The van der Waals surface area contributed by atoms with Crippen LogP contribution in [0.4, 0.5) is 10.5 Å². The van der Waals surface area contributed by atoms with E-state index < -0.39 is 6.09 Å². The van der Waals surface area contributed by atoms with Gasteiger partial charge in [0.15, 0.2) is 0 Å². The molecule has 0 aromatic heterocycles. The largest absolute Gasteiger partial charge is 0.506 e. The highest BCUT2D eigenvalue weighted by Crippen LogP contribution is 2.25. The number of carbonyl (C=O) groups is 1. The number of phenols is 1. The first-order valence-corrected chi connectivity index (χ1v) is 8.80. The van der Waals surface area contributed by atoms with Gasteiger partial charge in [-0.05, 0) is 30.3 Å². The number of hydrogen-bond donors (Lipinski definition) is 2. The molecule has 1 fully saturated rings. The van der Waals surface area contributed by atoms with Gasteiger partial charge < -0.3 is 14.7 Å². The lowest BCUT2D eigenvalue weighted by Gasteiger charge is -2.32. The Labute approximate surface area is 154 Å². The second-order valence-electron chi connectivity index (χ2n) is 6.62. The monoisotopic (exact) mass is 355 g/mol. The van der Waals surface area contributed by atoms with Crippen LogP contribution in [0, 0.1) is 0 Å². The van der Waals surface area contributed by atoms with E-state index in [0.717, 1.165) is 43.9 Å². The lowest BCUT2D eigenvalue weighted by molar-refractivity contribution is 0.148. The summed E-state index contributed by atoms with van der Waals surface area (Å²) in [5.41, 5.74) is 2.33. The number of likely N-dealkylation sites (N-methyl/N-ethyl adjacent to an activating group) is 1. The Balaban J connectivity index is 1.56. The molecule has 1 saturated heterocycles. The van der Waals surface area contributed by atoms with Crippen LogP contribution >= 0.6 is 0 Å². The van der Waals surface area contributed by atoms with Crippen molar-refractivity contribution in [1.29, 1.82) is 0 Å². The van der Waals surface area contributed by atoms with E-state index in [1.54, 1.807) is 12.1 Å². The van der Waals surface area contributed by atoms with Gasteiger partial charge in [-0.15, -0.1) is 0 Å². The van der Waals surface area contributed by atoms with Gasteiger partial charge in [0.1, 0.15) is 12.4 Å². The Bertz CT molecular complexity index is 728. The molecule has 6 heteroatoms. The van der Waals surface area contributed by atoms with E-state index in [9.17, 15) is 9.90 Å². The lowest BCUT2D eigenvalue weighted by atomic mass is 10.1. The fraction of sp³-hybridized carbons (Fsp3) is 0.350. The number of benzene rings is 2. The number of nitrogens with one attached hydrogen (secondary N) is 1. The number of nitrogens with zero attached hydrogens (tertiary/aromatic N) is 2. The molecule has 0 radical (unpaired) electrons. The minimum Gasteiger partial charge on any atom is -0.506 e. The van der Waals surface area contributed by atoms with E-state index >= 15 is 0 Å². The molecule has 3 rings (SSSR count). The average Bonchev–Trinajstić information content (AvgIpc) is 2.65. The first-order valence-electron chi connectivity index (χ1n) is 8.80. The fourth-order valence-corrected chi connectivity index (χ4v) is 2.92. The molecule has 1 aliphatic rings. The molecule has 2 aromatic rings. The van der Waals surface area contributed by atoms with Crippen LogP contribution in [0.15, 0.2) is 48.5 Å². The van der Waals surface area contributed by atoms with Gasteiger partial charge in [0.05, 0.1) is 5.69 Å². The van der Waals surface area contributed by atoms with Gasteiger partial charge in [-0.25, -0.2) is 4.79 Å². The predicted molar refractivity (Wildman–Crippen MR) is 101 cm³/mol. The van der Waals surface area contributed by atoms with E-state index in [0.29, 0.717) is 5.69 Å². The van der Waals surface area contributed by atoms with E-state index in [2.05, 4.69) is 22.2 Å². The quantitative estimate of drug-likeness (QED) is 0.808. The Morgan fingerprint density at radius 2 is 1.81 bits per heavy atom. The molecule has 0 unspecified atom stereocenters. The van der Waals surface area contributed by atoms with Crippen LogP contribution < -0.4 is 5.32 Å². The van der Waals surface area contributed by atoms with Gasteiger partial charge >= 0.3 is 6.09 Å². The molecule has 0 aliphatic carbocycles. The van der Waals surface area contributed by atoms with Gasteiger partial charge in [-0.2, -0.15) is 0 Å². The highest BCUT2D eigenvalue weighted by Gasteiger charge is 2.15. The van der Waals surface area contributed by atoms with Crippen LogP contribution in [0.3, 0.4) is 0 Å². The third kappa shape index (κ3) is 5.21. The Kier molecular flexibility index (Phi) is 6.09. The number of aromatic hydroxyl groups is 1. The molecule has 26 heavy (non-hydrogen) atoms. The topological polar surface area (TPSA) is 65.0 Å². The molecule has 0 bridgehead atoms. The number of rotatable bonds is 5. The standard InChI is InChI=1S/C20H25N3O3/c1-22-9-11-23(12-10-22)14-17-7-8-19(24)18(13-17)21-20(25)26-15-16-5-3-2-4-6-16/h2-8,13,24H,9-12,14-15H2,1H3,(H,21,25). The van der Waals surface area contributed by atoms with Crippen LogP contribution in [-0.2, 0) is 17.9 Å². The number of anilines is 1. The van der Waals surface area contributed by atoms with Crippen LogP contribution in [0.1, 0.15) is 11.1 Å². The van der Waals surface area contributed by atoms with E-state index in [1.807, 2.05) is 36.4 Å². The van der Waals surface area contributed by atoms with Crippen molar-refractivity contribution in [2.75, 3.05) is 38.5 Å². The molecule has 0 saturated carbocycles. The molecular weight excluding hydrogens is 330 g/mol. The summed E-state index contributed by atoms with van der Waals surface area (Å²) >= 11 is 0. The SMILES string of the molecule is CN1CCN(Cc2ccc(O)c(NC(=O)OCc3ccccc3)c2)CC1. The molecule has 1 aliphatic heterocycles. The zero-order valence-corrected chi connectivity index (χ0v) is 15.0. The summed E-state index contributed by atoms with van der Waals surface area (Å²) in [6, 6.07) is 14.8. The van der Waals surface area contributed by atoms with Crippen molar-refractivity contribution in [3.05, 3.63) is 59.7 Å². The van der Waals surface area contributed by atoms with Crippen molar-refractivity contribution in [1.82, 2.24) is 9.80 Å². The first kappa shape index (κ1) is 18.2. The summed E-state index contributed by atoms with van der Waals surface area (Å²) in [4.78, 5) is 16.7. The predicted octanol–water partition coefficient (Wildman–Crippen LogP) is 2.89. The molecule has 0 atom stereocenters. The summed E-state index contributed by atoms with van der Waals surface area (Å²) in [6.07, 6.45) is -0.582. The number of amides is 1. The van der Waals surface area contributed by atoms with Crippen molar-refractivity contribution >= 4 is 11.8 Å². The maximum absolute atomic E-state index is 12.0. The van der Waals surface area contributed by atoms with Gasteiger partial charge in [0.2, 0.25) is 0 Å². The second kappa shape index (κ2) is 8.69. The molecule has 138 valence electrons. The number of hydrogen-bond acceptors (Lipinski definition) is 5. The highest BCUT2D eigenvalue weighted by atomic mass is 16.5. The van der Waals surface area contributed by atoms with Crippen molar-refractivity contribution in [3.63, 3.8) is 0 Å². The summed E-state index contributed by atoms with van der Waals surface area (Å²) in [5.74, 6) is 0.0313. The number of phenolic OH excluding ortho intramolecular Hbond substituents is 1. The lowest BCUT2D eigenvalue weighted by Crippen LogP contribution is -2.43. The molecule has 1 amide bonds. The van der Waals surface area contributed by atoms with Crippen LogP contribution in [0.2, 0.25) is 0 Å². The van der Waals surface area contributed by atoms with Crippen molar-refractivity contribution in [2.45, 2.75) is 13.2 Å². The second-order valence-corrected chi connectivity index (χ2v) is 6.62. The number of piperazine rings is 1. The maximum Gasteiger partial charge on any atom is 0.412 e. The van der Waals surface area contributed by atoms with Gasteiger partial charge in [0.25, 0.3) is 0 Å². The summed E-state index contributed by atoms with van der Waals surface area (Å²) < 4.78 is 5.21. The van der Waals surface area contributed by atoms with Crippen LogP contribution in [0.25, 0.3) is 0 Å². The molecule has 2 N–H and O–H groups in total. The Morgan fingerprint density at radius 3 is 2.54 bits per heavy atom. The summed E-state index contributed by atoms with van der Waals surface area (Å²) in [7, 11) is 2.13. The fourth-order valence-electron chi connectivity index (χ4n) is 2.92. The minimum atomic E-state index is -0.582. The summed E-state index contributed by atoms with van der Waals surface area (Å²) in [5, 5.41) is 12.6. The molecular formula is C20H25N3O3. The molecule has 1 heterocycles. The molecule has 2 aromatic carbocycles. The Hall–Kier alpha value is -2.57. The van der Waals surface area contributed by atoms with Crippen LogP contribution in [-0.4, -0.2) is 54.2 Å². The highest BCUT2D eigenvalue weighted by molar-refractivity contribution is 5.86. The van der Waals surface area contributed by atoms with Gasteiger partial charge in [0, 0.05) is 32.7 Å². The van der Waals surface area contributed by atoms with E-state index in [-0.39, 0.29) is 12.4 Å². The number of carbonyl (C=O) groups excluding carboxylic acids is 1. The van der Waals surface area contributed by atoms with Crippen LogP contribution in [0.5, 0.6) is 5.75 Å². The summed E-state index contributed by atoms with van der Waals surface area (Å²) in [6.45, 7) is 5.11. The minimum absolute atomic E-state index is 0.0313. The van der Waals surface area contributed by atoms with Crippen molar-refractivity contribution < 1.29 is 14.6 Å². The molecule has 0 spiro atoms.